The number of nitrogens with one attached hydrogen (secondary N) is 1. The standard InChI is InChI=1S/C24H30N2O7S/c1-15-20(24(29)32-4)16(2)25-21(15)22(27)17(3)33-23(28)18-10-9-11-19(14-18)34(30,31)26-12-7-5-6-8-13-26/h9-11,14,17,25H,5-8,12-13H2,1-4H3/t17-/m0/s1. The maximum atomic E-state index is 13.1. The number of nitrogens with zero attached hydrogens (tertiary/aromatic N) is 1. The molecule has 0 spiro atoms. The first-order valence-electron chi connectivity index (χ1n) is 11.2. The van der Waals surface area contributed by atoms with Crippen molar-refractivity contribution in [2.24, 2.45) is 0 Å². The summed E-state index contributed by atoms with van der Waals surface area (Å²) in [5, 5.41) is 0. The lowest BCUT2D eigenvalue weighted by Gasteiger charge is -2.20. The van der Waals surface area contributed by atoms with Crippen molar-refractivity contribution in [3.05, 3.63) is 52.3 Å². The average Bonchev–Trinajstić information content (AvgIpc) is 2.99. The highest BCUT2D eigenvalue weighted by Crippen LogP contribution is 2.23. The number of Topliss-reactive ketones (excluding diaryl/α,β-unsaturated/α-hetero) is 1. The van der Waals surface area contributed by atoms with Crippen LogP contribution in [-0.2, 0) is 19.5 Å². The van der Waals surface area contributed by atoms with E-state index in [0.717, 1.165) is 25.7 Å². The maximum absolute atomic E-state index is 13.1. The number of aromatic amines is 1. The van der Waals surface area contributed by atoms with E-state index in [1.807, 2.05) is 0 Å². The summed E-state index contributed by atoms with van der Waals surface area (Å²) in [6.45, 7) is 5.57. The van der Waals surface area contributed by atoms with Crippen LogP contribution in [-0.4, -0.2) is 61.7 Å². The fourth-order valence-electron chi connectivity index (χ4n) is 4.10. The average molecular weight is 491 g/mol. The molecule has 3 rings (SSSR count). The van der Waals surface area contributed by atoms with E-state index in [1.54, 1.807) is 13.8 Å². The summed E-state index contributed by atoms with van der Waals surface area (Å²) >= 11 is 0. The van der Waals surface area contributed by atoms with Gasteiger partial charge in [-0.25, -0.2) is 18.0 Å². The van der Waals surface area contributed by atoms with Crippen molar-refractivity contribution in [3.8, 4) is 0 Å². The van der Waals surface area contributed by atoms with E-state index < -0.39 is 33.8 Å². The summed E-state index contributed by atoms with van der Waals surface area (Å²) in [5.41, 5.74) is 1.32. The zero-order chi connectivity index (χ0) is 25.0. The van der Waals surface area contributed by atoms with E-state index in [9.17, 15) is 22.8 Å². The zero-order valence-electron chi connectivity index (χ0n) is 19.8. The maximum Gasteiger partial charge on any atom is 0.339 e. The largest absolute Gasteiger partial charge is 0.465 e. The number of carbonyl (C=O) groups is 3. The molecule has 0 unspecified atom stereocenters. The quantitative estimate of drug-likeness (QED) is 0.466. The van der Waals surface area contributed by atoms with E-state index >= 15 is 0 Å². The van der Waals surface area contributed by atoms with E-state index in [1.165, 1.54) is 42.6 Å². The Morgan fingerprint density at radius 3 is 2.29 bits per heavy atom. The van der Waals surface area contributed by atoms with Gasteiger partial charge in [-0.15, -0.1) is 0 Å². The Morgan fingerprint density at radius 1 is 1.03 bits per heavy atom. The fourth-order valence-corrected chi connectivity index (χ4v) is 5.67. The molecular weight excluding hydrogens is 460 g/mol. The number of esters is 2. The topological polar surface area (TPSA) is 123 Å². The molecule has 1 fully saturated rings. The van der Waals surface area contributed by atoms with Crippen LogP contribution < -0.4 is 0 Å². The second-order valence-electron chi connectivity index (χ2n) is 8.37. The lowest BCUT2D eigenvalue weighted by Crippen LogP contribution is -2.32. The zero-order valence-corrected chi connectivity index (χ0v) is 20.7. The number of ether oxygens (including phenoxy) is 2. The number of sulfonamides is 1. The molecule has 0 saturated carbocycles. The number of ketones is 1. The second-order valence-corrected chi connectivity index (χ2v) is 10.3. The van der Waals surface area contributed by atoms with Gasteiger partial charge in [0, 0.05) is 18.8 Å². The van der Waals surface area contributed by atoms with Crippen molar-refractivity contribution in [2.75, 3.05) is 20.2 Å². The summed E-state index contributed by atoms with van der Waals surface area (Å²) in [6, 6.07) is 5.65. The van der Waals surface area contributed by atoms with E-state index in [2.05, 4.69) is 4.98 Å². The number of carbonyl (C=O) groups excluding carboxylic acids is 3. The lowest BCUT2D eigenvalue weighted by molar-refractivity contribution is 0.0316. The molecule has 2 heterocycles. The molecule has 2 aromatic rings. The van der Waals surface area contributed by atoms with Gasteiger partial charge in [-0.3, -0.25) is 4.79 Å². The van der Waals surface area contributed by atoms with Crippen molar-refractivity contribution >= 4 is 27.7 Å². The number of H-pyrrole nitrogens is 1. The molecule has 9 nitrogen and oxygen atoms in total. The first-order chi connectivity index (χ1) is 16.1. The summed E-state index contributed by atoms with van der Waals surface area (Å²) in [6.07, 6.45) is 2.42. The summed E-state index contributed by atoms with van der Waals surface area (Å²) in [5.74, 6) is -1.90. The van der Waals surface area contributed by atoms with Gasteiger partial charge < -0.3 is 14.5 Å². The third-order valence-corrected chi connectivity index (χ3v) is 7.89. The first kappa shape index (κ1) is 25.6. The minimum Gasteiger partial charge on any atom is -0.465 e. The van der Waals surface area contributed by atoms with Gasteiger partial charge >= 0.3 is 11.9 Å². The summed E-state index contributed by atoms with van der Waals surface area (Å²) < 4.78 is 37.7. The van der Waals surface area contributed by atoms with Crippen molar-refractivity contribution in [3.63, 3.8) is 0 Å². The molecule has 0 radical (unpaired) electrons. The molecule has 1 aliphatic heterocycles. The van der Waals surface area contributed by atoms with E-state index in [-0.39, 0.29) is 21.7 Å². The third-order valence-electron chi connectivity index (χ3n) is 6.00. The highest BCUT2D eigenvalue weighted by Gasteiger charge is 2.29. The van der Waals surface area contributed by atoms with Crippen molar-refractivity contribution in [1.82, 2.24) is 9.29 Å². The van der Waals surface area contributed by atoms with Gasteiger partial charge in [0.25, 0.3) is 0 Å². The Morgan fingerprint density at radius 2 is 1.68 bits per heavy atom. The number of hydrogen-bond acceptors (Lipinski definition) is 7. The molecule has 1 N–H and O–H groups in total. The normalized spacial score (nSPS) is 15.9. The number of aromatic nitrogens is 1. The van der Waals surface area contributed by atoms with Crippen LogP contribution in [0.5, 0.6) is 0 Å². The number of rotatable bonds is 7. The SMILES string of the molecule is COC(=O)c1c(C)[nH]c(C(=O)[C@H](C)OC(=O)c2cccc(S(=O)(=O)N3CCCCCC3)c2)c1C. The van der Waals surface area contributed by atoms with Crippen LogP contribution in [0.1, 0.15) is 75.1 Å². The van der Waals surface area contributed by atoms with Crippen LogP contribution in [0.25, 0.3) is 0 Å². The van der Waals surface area contributed by atoms with Crippen LogP contribution in [0.15, 0.2) is 29.2 Å². The molecule has 1 atom stereocenters. The molecule has 1 aliphatic rings. The predicted molar refractivity (Wildman–Crippen MR) is 124 cm³/mol. The van der Waals surface area contributed by atoms with Crippen LogP contribution in [0.3, 0.4) is 0 Å². The molecule has 34 heavy (non-hydrogen) atoms. The van der Waals surface area contributed by atoms with Gasteiger partial charge in [-0.05, 0) is 57.4 Å². The number of aryl methyl sites for hydroxylation is 1. The molecule has 1 aromatic heterocycles. The Labute approximate surface area is 199 Å². The molecular formula is C24H30N2O7S. The third kappa shape index (κ3) is 5.23. The molecule has 10 heteroatoms. The molecule has 184 valence electrons. The molecule has 0 amide bonds. The molecule has 1 aromatic carbocycles. The van der Waals surface area contributed by atoms with Gasteiger partial charge in [0.1, 0.15) is 0 Å². The predicted octanol–water partition coefficient (Wildman–Crippen LogP) is 3.41. The Bertz CT molecular complexity index is 1190. The van der Waals surface area contributed by atoms with Gasteiger partial charge in [0.2, 0.25) is 15.8 Å². The summed E-state index contributed by atoms with van der Waals surface area (Å²) in [4.78, 5) is 40.5. The minimum atomic E-state index is -3.74. The minimum absolute atomic E-state index is 0.0152. The second kappa shape index (κ2) is 10.5. The Balaban J connectivity index is 1.77. The van der Waals surface area contributed by atoms with Gasteiger partial charge in [0.15, 0.2) is 6.10 Å². The number of methoxy groups -OCH3 is 1. The van der Waals surface area contributed by atoms with Gasteiger partial charge in [-0.2, -0.15) is 4.31 Å². The van der Waals surface area contributed by atoms with E-state index in [0.29, 0.717) is 24.3 Å². The highest BCUT2D eigenvalue weighted by atomic mass is 32.2. The summed E-state index contributed by atoms with van der Waals surface area (Å²) in [7, 11) is -2.49. The number of benzene rings is 1. The molecule has 1 saturated heterocycles. The fraction of sp³-hybridized carbons (Fsp3) is 0.458. The van der Waals surface area contributed by atoms with Crippen LogP contribution in [0.2, 0.25) is 0 Å². The van der Waals surface area contributed by atoms with Crippen molar-refractivity contribution in [1.29, 1.82) is 0 Å². The highest BCUT2D eigenvalue weighted by molar-refractivity contribution is 7.89. The van der Waals surface area contributed by atoms with Crippen LogP contribution in [0.4, 0.5) is 0 Å². The van der Waals surface area contributed by atoms with E-state index in [4.69, 9.17) is 9.47 Å². The van der Waals surface area contributed by atoms with Crippen LogP contribution in [0, 0.1) is 13.8 Å². The molecule has 0 bridgehead atoms. The van der Waals surface area contributed by atoms with Crippen molar-refractivity contribution < 1.29 is 32.3 Å². The van der Waals surface area contributed by atoms with Gasteiger partial charge in [0.05, 0.1) is 28.8 Å². The Kier molecular flexibility index (Phi) is 7.93. The Hall–Kier alpha value is -2.98. The van der Waals surface area contributed by atoms with Gasteiger partial charge in [-0.1, -0.05) is 18.9 Å². The van der Waals surface area contributed by atoms with Crippen LogP contribution >= 0.6 is 0 Å². The molecule has 0 aliphatic carbocycles. The smallest absolute Gasteiger partial charge is 0.339 e. The monoisotopic (exact) mass is 490 g/mol. The van der Waals surface area contributed by atoms with Crippen molar-refractivity contribution in [2.45, 2.75) is 57.5 Å². The lowest BCUT2D eigenvalue weighted by atomic mass is 10.1. The number of hydrogen-bond donors (Lipinski definition) is 1. The first-order valence-corrected chi connectivity index (χ1v) is 12.6.